The lowest BCUT2D eigenvalue weighted by Crippen LogP contribution is -2.46. The van der Waals surface area contributed by atoms with E-state index in [0.717, 1.165) is 29.4 Å². The first-order chi connectivity index (χ1) is 8.20. The largest absolute Gasteiger partial charge is 0.480 e. The van der Waals surface area contributed by atoms with Gasteiger partial charge in [-0.15, -0.1) is 11.3 Å². The summed E-state index contributed by atoms with van der Waals surface area (Å²) >= 11 is 3.37. The highest BCUT2D eigenvalue weighted by molar-refractivity contribution is 7.99. The van der Waals surface area contributed by atoms with Crippen molar-refractivity contribution in [2.45, 2.75) is 25.9 Å². The van der Waals surface area contributed by atoms with Gasteiger partial charge in [-0.3, -0.25) is 9.69 Å². The molecule has 2 heterocycles. The molecule has 0 aliphatic carbocycles. The Labute approximate surface area is 109 Å². The molecule has 1 atom stereocenters. The molecule has 1 aliphatic heterocycles. The first-order valence-electron chi connectivity index (χ1n) is 5.68. The van der Waals surface area contributed by atoms with Crippen LogP contribution >= 0.6 is 23.1 Å². The highest BCUT2D eigenvalue weighted by Crippen LogP contribution is 2.20. The van der Waals surface area contributed by atoms with Gasteiger partial charge in [0.05, 0.1) is 10.7 Å². The Morgan fingerprint density at radius 1 is 1.71 bits per heavy atom. The Bertz CT molecular complexity index is 395. The Balaban J connectivity index is 2.02. The summed E-state index contributed by atoms with van der Waals surface area (Å²) in [5, 5.41) is 12.3. The molecule has 94 valence electrons. The molecule has 0 spiro atoms. The molecule has 0 aromatic carbocycles. The zero-order chi connectivity index (χ0) is 12.3. The van der Waals surface area contributed by atoms with Gasteiger partial charge in [-0.05, 0) is 6.42 Å². The van der Waals surface area contributed by atoms with Crippen molar-refractivity contribution in [2.24, 2.45) is 0 Å². The highest BCUT2D eigenvalue weighted by Gasteiger charge is 2.29. The van der Waals surface area contributed by atoms with Crippen molar-refractivity contribution in [1.29, 1.82) is 0 Å². The summed E-state index contributed by atoms with van der Waals surface area (Å²) in [5.41, 5.74) is 1.00. The van der Waals surface area contributed by atoms with E-state index in [1.165, 1.54) is 0 Å². The summed E-state index contributed by atoms with van der Waals surface area (Å²) in [6.07, 6.45) is 0.947. The van der Waals surface area contributed by atoms with Gasteiger partial charge in [0, 0.05) is 30.0 Å². The molecule has 1 fully saturated rings. The highest BCUT2D eigenvalue weighted by atomic mass is 32.2. The van der Waals surface area contributed by atoms with Crippen LogP contribution in [0.1, 0.15) is 17.6 Å². The molecule has 17 heavy (non-hydrogen) atoms. The molecular formula is C11H16N2O2S2. The first-order valence-corrected chi connectivity index (χ1v) is 7.72. The molecule has 1 aromatic rings. The van der Waals surface area contributed by atoms with Crippen LogP contribution in [0.2, 0.25) is 0 Å². The van der Waals surface area contributed by atoms with Crippen molar-refractivity contribution >= 4 is 29.1 Å². The van der Waals surface area contributed by atoms with Crippen molar-refractivity contribution in [3.8, 4) is 0 Å². The van der Waals surface area contributed by atoms with E-state index in [-0.39, 0.29) is 6.04 Å². The van der Waals surface area contributed by atoms with E-state index in [2.05, 4.69) is 11.9 Å². The molecule has 6 heteroatoms. The lowest BCUT2D eigenvalue weighted by Gasteiger charge is -2.31. The SMILES string of the molecule is CCc1nc(CN2CCSCC2C(=O)O)cs1. The number of rotatable bonds is 4. The predicted octanol–water partition coefficient (Wildman–Crippen LogP) is 1.71. The van der Waals surface area contributed by atoms with Gasteiger partial charge in [0.15, 0.2) is 0 Å². The fraction of sp³-hybridized carbons (Fsp3) is 0.636. The van der Waals surface area contributed by atoms with E-state index in [1.54, 1.807) is 23.1 Å². The van der Waals surface area contributed by atoms with Crippen molar-refractivity contribution in [1.82, 2.24) is 9.88 Å². The summed E-state index contributed by atoms with van der Waals surface area (Å²) < 4.78 is 0. The normalized spacial score (nSPS) is 21.6. The van der Waals surface area contributed by atoms with Gasteiger partial charge in [0.25, 0.3) is 0 Å². The topological polar surface area (TPSA) is 53.4 Å². The van der Waals surface area contributed by atoms with Crippen LogP contribution in [0.5, 0.6) is 0 Å². The molecule has 0 bridgehead atoms. The van der Waals surface area contributed by atoms with Gasteiger partial charge >= 0.3 is 5.97 Å². The molecule has 1 aliphatic rings. The van der Waals surface area contributed by atoms with Gasteiger partial charge in [0.1, 0.15) is 6.04 Å². The maximum atomic E-state index is 11.1. The number of nitrogens with zero attached hydrogens (tertiary/aromatic N) is 2. The maximum absolute atomic E-state index is 11.1. The number of hydrogen-bond acceptors (Lipinski definition) is 5. The number of aromatic nitrogens is 1. The van der Waals surface area contributed by atoms with E-state index >= 15 is 0 Å². The Hall–Kier alpha value is -0.590. The van der Waals surface area contributed by atoms with Gasteiger partial charge in [-0.25, -0.2) is 4.98 Å². The molecular weight excluding hydrogens is 256 g/mol. The summed E-state index contributed by atoms with van der Waals surface area (Å²) in [7, 11) is 0. The second-order valence-electron chi connectivity index (χ2n) is 3.99. The number of carboxylic acids is 1. The first kappa shape index (κ1) is 12.9. The minimum absolute atomic E-state index is 0.361. The van der Waals surface area contributed by atoms with E-state index in [4.69, 9.17) is 5.11 Å². The van der Waals surface area contributed by atoms with Crippen LogP contribution in [0.25, 0.3) is 0 Å². The van der Waals surface area contributed by atoms with Crippen molar-refractivity contribution in [3.63, 3.8) is 0 Å². The molecule has 1 unspecified atom stereocenters. The Kier molecular flexibility index (Phi) is 4.42. The van der Waals surface area contributed by atoms with Crippen LogP contribution in [0.4, 0.5) is 0 Å². The summed E-state index contributed by atoms with van der Waals surface area (Å²) in [5.74, 6) is 0.970. The van der Waals surface area contributed by atoms with Crippen LogP contribution < -0.4 is 0 Å². The number of aliphatic carboxylic acids is 1. The standard InChI is InChI=1S/C11H16N2O2S2/c1-2-10-12-8(6-17-10)5-13-3-4-16-7-9(13)11(14)15/h6,9H,2-5,7H2,1H3,(H,14,15). The summed E-state index contributed by atoms with van der Waals surface area (Å²) in [4.78, 5) is 17.7. The molecule has 0 amide bonds. The molecule has 1 saturated heterocycles. The molecule has 0 saturated carbocycles. The Morgan fingerprint density at radius 2 is 2.53 bits per heavy atom. The average Bonchev–Trinajstić information content (AvgIpc) is 2.77. The molecule has 1 N–H and O–H groups in total. The summed E-state index contributed by atoms with van der Waals surface area (Å²) in [6, 6.07) is -0.361. The van der Waals surface area contributed by atoms with Crippen molar-refractivity contribution in [3.05, 3.63) is 16.1 Å². The average molecular weight is 272 g/mol. The van der Waals surface area contributed by atoms with Gasteiger partial charge in [-0.1, -0.05) is 6.92 Å². The molecule has 2 rings (SSSR count). The second-order valence-corrected chi connectivity index (χ2v) is 6.08. The van der Waals surface area contributed by atoms with E-state index in [9.17, 15) is 4.79 Å². The quantitative estimate of drug-likeness (QED) is 0.904. The number of thiazole rings is 1. The Morgan fingerprint density at radius 3 is 3.18 bits per heavy atom. The van der Waals surface area contributed by atoms with Crippen LogP contribution in [0.15, 0.2) is 5.38 Å². The number of hydrogen-bond donors (Lipinski definition) is 1. The van der Waals surface area contributed by atoms with E-state index in [1.807, 2.05) is 10.3 Å². The van der Waals surface area contributed by atoms with E-state index in [0.29, 0.717) is 12.3 Å². The van der Waals surface area contributed by atoms with Crippen molar-refractivity contribution in [2.75, 3.05) is 18.1 Å². The second kappa shape index (κ2) is 5.84. The third-order valence-corrected chi connectivity index (χ3v) is 4.86. The molecule has 1 aromatic heterocycles. The number of thioether (sulfide) groups is 1. The number of carbonyl (C=O) groups is 1. The lowest BCUT2D eigenvalue weighted by molar-refractivity contribution is -0.142. The minimum atomic E-state index is -0.719. The number of carboxylic acid groups (broad SMARTS) is 1. The van der Waals surface area contributed by atoms with Gasteiger partial charge in [0.2, 0.25) is 0 Å². The summed E-state index contributed by atoms with van der Waals surface area (Å²) in [6.45, 7) is 3.58. The zero-order valence-corrected chi connectivity index (χ0v) is 11.4. The third kappa shape index (κ3) is 3.20. The third-order valence-electron chi connectivity index (χ3n) is 2.79. The monoisotopic (exact) mass is 272 g/mol. The fourth-order valence-corrected chi connectivity index (χ4v) is 3.69. The predicted molar refractivity (Wildman–Crippen MR) is 70.7 cm³/mol. The van der Waals surface area contributed by atoms with Crippen molar-refractivity contribution < 1.29 is 9.90 Å². The lowest BCUT2D eigenvalue weighted by atomic mass is 10.2. The van der Waals surface area contributed by atoms with Crippen LogP contribution in [0, 0.1) is 0 Å². The number of aryl methyl sites for hydroxylation is 1. The minimum Gasteiger partial charge on any atom is -0.480 e. The molecule has 4 nitrogen and oxygen atoms in total. The molecule has 0 radical (unpaired) electrons. The van der Waals surface area contributed by atoms with Gasteiger partial charge in [-0.2, -0.15) is 11.8 Å². The van der Waals surface area contributed by atoms with Gasteiger partial charge < -0.3 is 5.11 Å². The van der Waals surface area contributed by atoms with Crippen LogP contribution in [0.3, 0.4) is 0 Å². The van der Waals surface area contributed by atoms with E-state index < -0.39 is 5.97 Å². The maximum Gasteiger partial charge on any atom is 0.321 e. The fourth-order valence-electron chi connectivity index (χ4n) is 1.85. The van der Waals surface area contributed by atoms with Crippen LogP contribution in [-0.2, 0) is 17.8 Å². The smallest absolute Gasteiger partial charge is 0.321 e. The van der Waals surface area contributed by atoms with Crippen LogP contribution in [-0.4, -0.2) is 45.1 Å². The zero-order valence-electron chi connectivity index (χ0n) is 9.76.